The zero-order valence-corrected chi connectivity index (χ0v) is 7.53. The van der Waals surface area contributed by atoms with Crippen molar-refractivity contribution in [1.82, 2.24) is 0 Å². The van der Waals surface area contributed by atoms with E-state index in [0.717, 1.165) is 5.56 Å². The van der Waals surface area contributed by atoms with Gasteiger partial charge in [-0.1, -0.05) is 12.1 Å². The third-order valence-corrected chi connectivity index (χ3v) is 1.87. The molecule has 3 N–H and O–H groups in total. The first-order valence-corrected chi connectivity index (χ1v) is 4.11. The molecule has 0 aliphatic carbocycles. The Balaban J connectivity index is 3.03. The molecule has 0 aliphatic heterocycles. The molecule has 0 fully saturated rings. The predicted octanol–water partition coefficient (Wildman–Crippen LogP) is 0.644. The van der Waals surface area contributed by atoms with Crippen LogP contribution < -0.4 is 5.73 Å². The number of hydrogen-bond donors (Lipinski definition) is 2. The first kappa shape index (κ1) is 10.2. The van der Waals surface area contributed by atoms with E-state index in [0.29, 0.717) is 11.1 Å². The highest BCUT2D eigenvalue weighted by atomic mass is 16.4. The van der Waals surface area contributed by atoms with Gasteiger partial charge in [-0.05, 0) is 17.2 Å². The van der Waals surface area contributed by atoms with Gasteiger partial charge in [-0.2, -0.15) is 5.26 Å². The molecular formula is C10H10N2O2. The molecule has 1 rings (SSSR count). The molecule has 0 amide bonds. The first-order valence-electron chi connectivity index (χ1n) is 4.11. The summed E-state index contributed by atoms with van der Waals surface area (Å²) in [5.41, 5.74) is 7.21. The van der Waals surface area contributed by atoms with E-state index in [1.165, 1.54) is 0 Å². The summed E-state index contributed by atoms with van der Waals surface area (Å²) >= 11 is 0. The van der Waals surface area contributed by atoms with Crippen LogP contribution in [0.15, 0.2) is 18.2 Å². The zero-order valence-electron chi connectivity index (χ0n) is 7.53. The van der Waals surface area contributed by atoms with E-state index >= 15 is 0 Å². The van der Waals surface area contributed by atoms with Crippen LogP contribution in [0.1, 0.15) is 16.7 Å². The number of aliphatic carboxylic acids is 1. The Morgan fingerprint density at radius 2 is 2.29 bits per heavy atom. The molecule has 0 spiro atoms. The molecule has 0 atom stereocenters. The van der Waals surface area contributed by atoms with Gasteiger partial charge >= 0.3 is 5.97 Å². The predicted molar refractivity (Wildman–Crippen MR) is 50.4 cm³/mol. The van der Waals surface area contributed by atoms with E-state index in [9.17, 15) is 4.79 Å². The van der Waals surface area contributed by atoms with E-state index in [1.54, 1.807) is 18.2 Å². The quantitative estimate of drug-likeness (QED) is 0.732. The monoisotopic (exact) mass is 190 g/mol. The number of nitriles is 1. The van der Waals surface area contributed by atoms with Gasteiger partial charge in [0, 0.05) is 6.54 Å². The fourth-order valence-corrected chi connectivity index (χ4v) is 1.19. The Morgan fingerprint density at radius 3 is 2.79 bits per heavy atom. The molecule has 0 aliphatic rings. The molecule has 0 heterocycles. The maximum atomic E-state index is 10.4. The second kappa shape index (κ2) is 4.40. The molecule has 4 nitrogen and oxygen atoms in total. The Hall–Kier alpha value is -1.86. The summed E-state index contributed by atoms with van der Waals surface area (Å²) in [7, 11) is 0. The minimum atomic E-state index is -0.908. The molecule has 0 unspecified atom stereocenters. The summed E-state index contributed by atoms with van der Waals surface area (Å²) in [6.07, 6.45) is -0.0699. The van der Waals surface area contributed by atoms with Crippen LogP contribution in [0.25, 0.3) is 0 Å². The molecule has 0 radical (unpaired) electrons. The van der Waals surface area contributed by atoms with Gasteiger partial charge in [-0.3, -0.25) is 4.79 Å². The second-order valence-electron chi connectivity index (χ2n) is 2.88. The molecule has 0 saturated heterocycles. The number of carbonyl (C=O) groups is 1. The summed E-state index contributed by atoms with van der Waals surface area (Å²) in [6.45, 7) is 0.288. The van der Waals surface area contributed by atoms with E-state index < -0.39 is 5.97 Å². The van der Waals surface area contributed by atoms with Crippen molar-refractivity contribution >= 4 is 5.97 Å². The largest absolute Gasteiger partial charge is 0.481 e. The fourth-order valence-electron chi connectivity index (χ4n) is 1.19. The lowest BCUT2D eigenvalue weighted by Crippen LogP contribution is -2.03. The topological polar surface area (TPSA) is 87.1 Å². The van der Waals surface area contributed by atoms with Gasteiger partial charge in [0.1, 0.15) is 0 Å². The summed E-state index contributed by atoms with van der Waals surface area (Å²) < 4.78 is 0. The highest BCUT2D eigenvalue weighted by Gasteiger charge is 2.04. The minimum absolute atomic E-state index is 0.0699. The van der Waals surface area contributed by atoms with Crippen molar-refractivity contribution < 1.29 is 9.90 Å². The SMILES string of the molecule is N#Cc1cc(CC(=O)O)ccc1CN. The minimum Gasteiger partial charge on any atom is -0.481 e. The first-order chi connectivity index (χ1) is 6.67. The number of carboxylic acid groups (broad SMARTS) is 1. The average molecular weight is 190 g/mol. The van der Waals surface area contributed by atoms with Crippen molar-refractivity contribution in [2.45, 2.75) is 13.0 Å². The molecule has 0 bridgehead atoms. The van der Waals surface area contributed by atoms with Gasteiger partial charge in [0.25, 0.3) is 0 Å². The van der Waals surface area contributed by atoms with E-state index in [-0.39, 0.29) is 13.0 Å². The van der Waals surface area contributed by atoms with Crippen LogP contribution in [0.2, 0.25) is 0 Å². The van der Waals surface area contributed by atoms with Gasteiger partial charge in [0.05, 0.1) is 18.1 Å². The van der Waals surface area contributed by atoms with Crippen LogP contribution in [-0.4, -0.2) is 11.1 Å². The molecule has 0 aromatic heterocycles. The van der Waals surface area contributed by atoms with Crippen molar-refractivity contribution in [3.63, 3.8) is 0 Å². The van der Waals surface area contributed by atoms with Crippen molar-refractivity contribution in [2.75, 3.05) is 0 Å². The fraction of sp³-hybridized carbons (Fsp3) is 0.200. The van der Waals surface area contributed by atoms with E-state index in [4.69, 9.17) is 16.1 Å². The molecule has 14 heavy (non-hydrogen) atoms. The number of nitrogens with two attached hydrogens (primary N) is 1. The van der Waals surface area contributed by atoms with Crippen LogP contribution in [0.5, 0.6) is 0 Å². The Bertz CT molecular complexity index is 394. The third kappa shape index (κ3) is 2.31. The highest BCUT2D eigenvalue weighted by Crippen LogP contribution is 2.11. The lowest BCUT2D eigenvalue weighted by molar-refractivity contribution is -0.136. The molecule has 0 saturated carbocycles. The zero-order chi connectivity index (χ0) is 10.6. The normalized spacial score (nSPS) is 9.43. The maximum absolute atomic E-state index is 10.4. The van der Waals surface area contributed by atoms with Gasteiger partial charge in [0.2, 0.25) is 0 Å². The molecule has 1 aromatic rings. The summed E-state index contributed by atoms with van der Waals surface area (Å²) in [6, 6.07) is 6.92. The van der Waals surface area contributed by atoms with Crippen molar-refractivity contribution in [1.29, 1.82) is 5.26 Å². The van der Waals surface area contributed by atoms with Gasteiger partial charge in [-0.15, -0.1) is 0 Å². The van der Waals surface area contributed by atoms with Crippen LogP contribution in [0, 0.1) is 11.3 Å². The summed E-state index contributed by atoms with van der Waals surface area (Å²) in [4.78, 5) is 10.4. The summed E-state index contributed by atoms with van der Waals surface area (Å²) in [5.74, 6) is -0.908. The Labute approximate surface area is 81.6 Å². The standard InChI is InChI=1S/C10H10N2O2/c11-5-8-2-1-7(4-10(13)14)3-9(8)6-12/h1-3H,4-5,11H2,(H,13,14). The smallest absolute Gasteiger partial charge is 0.307 e. The maximum Gasteiger partial charge on any atom is 0.307 e. The Kier molecular flexibility index (Phi) is 3.21. The molecular weight excluding hydrogens is 180 g/mol. The van der Waals surface area contributed by atoms with E-state index in [1.807, 2.05) is 6.07 Å². The average Bonchev–Trinajstić information content (AvgIpc) is 2.16. The Morgan fingerprint density at radius 1 is 1.57 bits per heavy atom. The van der Waals surface area contributed by atoms with Crippen LogP contribution in [0.4, 0.5) is 0 Å². The van der Waals surface area contributed by atoms with Crippen LogP contribution >= 0.6 is 0 Å². The van der Waals surface area contributed by atoms with Crippen molar-refractivity contribution in [3.05, 3.63) is 34.9 Å². The number of carboxylic acids is 1. The number of nitrogens with zero attached hydrogens (tertiary/aromatic N) is 1. The van der Waals surface area contributed by atoms with Gasteiger partial charge in [-0.25, -0.2) is 0 Å². The van der Waals surface area contributed by atoms with Crippen LogP contribution in [0.3, 0.4) is 0 Å². The number of rotatable bonds is 3. The van der Waals surface area contributed by atoms with Gasteiger partial charge in [0.15, 0.2) is 0 Å². The van der Waals surface area contributed by atoms with E-state index in [2.05, 4.69) is 0 Å². The molecule has 4 heteroatoms. The van der Waals surface area contributed by atoms with Crippen LogP contribution in [-0.2, 0) is 17.8 Å². The molecule has 1 aromatic carbocycles. The summed E-state index contributed by atoms with van der Waals surface area (Å²) in [5, 5.41) is 17.3. The van der Waals surface area contributed by atoms with Crippen molar-refractivity contribution in [3.8, 4) is 6.07 Å². The van der Waals surface area contributed by atoms with Crippen molar-refractivity contribution in [2.24, 2.45) is 5.73 Å². The number of benzene rings is 1. The van der Waals surface area contributed by atoms with Gasteiger partial charge < -0.3 is 10.8 Å². The molecule has 72 valence electrons. The second-order valence-corrected chi connectivity index (χ2v) is 2.88. The highest BCUT2D eigenvalue weighted by molar-refractivity contribution is 5.70. The lowest BCUT2D eigenvalue weighted by Gasteiger charge is -2.02. The lowest BCUT2D eigenvalue weighted by atomic mass is 10.0. The number of hydrogen-bond acceptors (Lipinski definition) is 3. The third-order valence-electron chi connectivity index (χ3n) is 1.87.